The normalized spacial score (nSPS) is 17.5. The van der Waals surface area contributed by atoms with E-state index in [1.165, 1.54) is 0 Å². The number of amides is 1. The Morgan fingerprint density at radius 1 is 1.13 bits per heavy atom. The molecule has 1 saturated heterocycles. The van der Waals surface area contributed by atoms with Crippen molar-refractivity contribution in [2.45, 2.75) is 38.8 Å². The Hall–Kier alpha value is -2.54. The van der Waals surface area contributed by atoms with Crippen LogP contribution in [0.25, 0.3) is 0 Å². The summed E-state index contributed by atoms with van der Waals surface area (Å²) in [6, 6.07) is 14.2. The molecule has 1 fully saturated rings. The Morgan fingerprint density at radius 3 is 2.53 bits per heavy atom. The predicted octanol–water partition coefficient (Wildman–Crippen LogP) is 3.70. The fraction of sp³-hybridized carbons (Fsp3) is 0.435. The molecule has 1 atom stereocenters. The molecule has 2 aromatic carbocycles. The Morgan fingerprint density at radius 2 is 1.90 bits per heavy atom. The predicted molar refractivity (Wildman–Crippen MR) is 117 cm³/mol. The molecule has 0 N–H and O–H groups in total. The summed E-state index contributed by atoms with van der Waals surface area (Å²) in [6.45, 7) is 3.07. The number of methoxy groups -OCH3 is 1. The number of ether oxygens (including phenoxy) is 2. The van der Waals surface area contributed by atoms with E-state index in [-0.39, 0.29) is 23.5 Å². The molecule has 162 valence electrons. The highest BCUT2D eigenvalue weighted by Crippen LogP contribution is 2.24. The molecule has 1 unspecified atom stereocenters. The van der Waals surface area contributed by atoms with Crippen molar-refractivity contribution in [2.24, 2.45) is 0 Å². The lowest BCUT2D eigenvalue weighted by molar-refractivity contribution is 0.0680. The number of sulfone groups is 1. The first-order valence-electron chi connectivity index (χ1n) is 10.3. The Labute approximate surface area is 178 Å². The van der Waals surface area contributed by atoms with Gasteiger partial charge in [-0.2, -0.15) is 0 Å². The van der Waals surface area contributed by atoms with Crippen LogP contribution in [-0.2, 0) is 16.4 Å². The Kier molecular flexibility index (Phi) is 7.37. The summed E-state index contributed by atoms with van der Waals surface area (Å²) in [5.41, 5.74) is 1.41. The lowest BCUT2D eigenvalue weighted by Crippen LogP contribution is -2.40. The first-order valence-corrected chi connectivity index (χ1v) is 12.1. The number of hydrogen-bond donors (Lipinski definition) is 0. The number of carbonyl (C=O) groups excluding carboxylic acids is 1. The third kappa shape index (κ3) is 5.75. The van der Waals surface area contributed by atoms with Gasteiger partial charge in [-0.15, -0.1) is 0 Å². The van der Waals surface area contributed by atoms with Gasteiger partial charge in [0.2, 0.25) is 0 Å². The molecule has 1 heterocycles. The molecule has 2 aromatic rings. The van der Waals surface area contributed by atoms with Crippen molar-refractivity contribution in [3.63, 3.8) is 0 Å². The maximum absolute atomic E-state index is 13.3. The lowest BCUT2D eigenvalue weighted by atomic mass is 10.1. The maximum Gasteiger partial charge on any atom is 0.254 e. The molecule has 0 bridgehead atoms. The van der Waals surface area contributed by atoms with E-state index in [0.29, 0.717) is 30.9 Å². The van der Waals surface area contributed by atoms with Gasteiger partial charge in [0.25, 0.3) is 5.91 Å². The van der Waals surface area contributed by atoms with Crippen LogP contribution in [0.2, 0.25) is 0 Å². The van der Waals surface area contributed by atoms with Crippen molar-refractivity contribution in [2.75, 3.05) is 25.2 Å². The second-order valence-corrected chi connectivity index (χ2v) is 9.80. The minimum Gasteiger partial charge on any atom is -0.497 e. The molecule has 30 heavy (non-hydrogen) atoms. The highest BCUT2D eigenvalue weighted by atomic mass is 32.2. The van der Waals surface area contributed by atoms with Gasteiger partial charge in [-0.25, -0.2) is 8.42 Å². The quantitative estimate of drug-likeness (QED) is 0.566. The third-order valence-corrected chi connectivity index (χ3v) is 7.02. The van der Waals surface area contributed by atoms with Crippen LogP contribution in [0.1, 0.15) is 42.1 Å². The lowest BCUT2D eigenvalue weighted by Gasteiger charge is -2.29. The van der Waals surface area contributed by atoms with Crippen LogP contribution < -0.4 is 9.47 Å². The van der Waals surface area contributed by atoms with Crippen LogP contribution in [0.4, 0.5) is 0 Å². The summed E-state index contributed by atoms with van der Waals surface area (Å²) >= 11 is 0. The van der Waals surface area contributed by atoms with Crippen LogP contribution in [0.3, 0.4) is 0 Å². The van der Waals surface area contributed by atoms with Crippen LogP contribution in [0.15, 0.2) is 48.5 Å². The molecule has 0 aromatic heterocycles. The van der Waals surface area contributed by atoms with Crippen molar-refractivity contribution in [3.8, 4) is 11.5 Å². The van der Waals surface area contributed by atoms with E-state index in [1.54, 1.807) is 36.3 Å². The number of nitrogens with zero attached hydrogens (tertiary/aromatic N) is 1. The van der Waals surface area contributed by atoms with E-state index in [1.807, 2.05) is 24.3 Å². The molecule has 1 amide bonds. The van der Waals surface area contributed by atoms with Crippen molar-refractivity contribution < 1.29 is 22.7 Å². The van der Waals surface area contributed by atoms with Gasteiger partial charge in [0.15, 0.2) is 9.84 Å². The second kappa shape index (κ2) is 9.98. The standard InChI is InChI=1S/C23H29NO5S/c1-3-4-13-29-21-10-8-19(9-11-21)23(25)24(20-12-14-30(26,27)17-20)16-18-6-5-7-22(15-18)28-2/h5-11,15,20H,3-4,12-14,16-17H2,1-2H3. The molecule has 6 nitrogen and oxygen atoms in total. The molecule has 0 spiro atoms. The van der Waals surface area contributed by atoms with E-state index in [9.17, 15) is 13.2 Å². The molecule has 3 rings (SSSR count). The van der Waals surface area contributed by atoms with Gasteiger partial charge in [-0.1, -0.05) is 25.5 Å². The average molecular weight is 432 g/mol. The van der Waals surface area contributed by atoms with Gasteiger partial charge >= 0.3 is 0 Å². The van der Waals surface area contributed by atoms with Gasteiger partial charge < -0.3 is 14.4 Å². The van der Waals surface area contributed by atoms with Crippen LogP contribution >= 0.6 is 0 Å². The summed E-state index contributed by atoms with van der Waals surface area (Å²) in [4.78, 5) is 15.0. The van der Waals surface area contributed by atoms with Crippen molar-refractivity contribution in [3.05, 3.63) is 59.7 Å². The molecule has 0 saturated carbocycles. The van der Waals surface area contributed by atoms with Gasteiger partial charge in [-0.05, 0) is 54.8 Å². The van der Waals surface area contributed by atoms with Gasteiger partial charge in [-0.3, -0.25) is 4.79 Å². The van der Waals surface area contributed by atoms with Gasteiger partial charge in [0.1, 0.15) is 11.5 Å². The number of rotatable bonds is 9. The second-order valence-electron chi connectivity index (χ2n) is 7.57. The largest absolute Gasteiger partial charge is 0.497 e. The topological polar surface area (TPSA) is 72.9 Å². The van der Waals surface area contributed by atoms with Crippen molar-refractivity contribution in [1.82, 2.24) is 4.90 Å². The zero-order valence-corrected chi connectivity index (χ0v) is 18.4. The number of benzene rings is 2. The first kappa shape index (κ1) is 22.2. The maximum atomic E-state index is 13.3. The van der Waals surface area contributed by atoms with E-state index in [4.69, 9.17) is 9.47 Å². The van der Waals surface area contributed by atoms with Gasteiger partial charge in [0.05, 0.1) is 25.2 Å². The van der Waals surface area contributed by atoms with E-state index in [2.05, 4.69) is 6.92 Å². The minimum atomic E-state index is -3.12. The Bertz CT molecular complexity index is 956. The van der Waals surface area contributed by atoms with E-state index < -0.39 is 9.84 Å². The van der Waals surface area contributed by atoms with Gasteiger partial charge in [0, 0.05) is 18.2 Å². The first-order chi connectivity index (χ1) is 14.4. The smallest absolute Gasteiger partial charge is 0.254 e. The fourth-order valence-electron chi connectivity index (χ4n) is 3.55. The zero-order valence-electron chi connectivity index (χ0n) is 17.5. The molecule has 0 radical (unpaired) electrons. The summed E-state index contributed by atoms with van der Waals surface area (Å²) in [5.74, 6) is 1.36. The van der Waals surface area contributed by atoms with Crippen LogP contribution in [0.5, 0.6) is 11.5 Å². The number of carbonyl (C=O) groups is 1. The van der Waals surface area contributed by atoms with Crippen molar-refractivity contribution >= 4 is 15.7 Å². The number of unbranched alkanes of at least 4 members (excludes halogenated alkanes) is 1. The average Bonchev–Trinajstić information content (AvgIpc) is 3.12. The zero-order chi connectivity index (χ0) is 21.6. The van der Waals surface area contributed by atoms with E-state index >= 15 is 0 Å². The molecular weight excluding hydrogens is 402 g/mol. The third-order valence-electron chi connectivity index (χ3n) is 5.26. The molecular formula is C23H29NO5S. The van der Waals surface area contributed by atoms with Crippen LogP contribution in [-0.4, -0.2) is 50.5 Å². The Balaban J connectivity index is 1.81. The van der Waals surface area contributed by atoms with Crippen LogP contribution in [0, 0.1) is 0 Å². The van der Waals surface area contributed by atoms with Crippen molar-refractivity contribution in [1.29, 1.82) is 0 Å². The van der Waals surface area contributed by atoms with E-state index in [0.717, 1.165) is 24.2 Å². The minimum absolute atomic E-state index is 0.000914. The summed E-state index contributed by atoms with van der Waals surface area (Å²) in [6.07, 6.45) is 2.49. The molecule has 7 heteroatoms. The monoisotopic (exact) mass is 431 g/mol. The molecule has 1 aliphatic rings. The highest BCUT2D eigenvalue weighted by molar-refractivity contribution is 7.91. The molecule has 1 aliphatic heterocycles. The highest BCUT2D eigenvalue weighted by Gasteiger charge is 2.35. The summed E-state index contributed by atoms with van der Waals surface area (Å²) in [7, 11) is -1.53. The SMILES string of the molecule is CCCCOc1ccc(C(=O)N(Cc2cccc(OC)c2)C2CCS(=O)(=O)C2)cc1. The number of hydrogen-bond acceptors (Lipinski definition) is 5. The summed E-state index contributed by atoms with van der Waals surface area (Å²) in [5, 5.41) is 0. The summed E-state index contributed by atoms with van der Waals surface area (Å²) < 4.78 is 35.1. The molecule has 0 aliphatic carbocycles. The fourth-order valence-corrected chi connectivity index (χ4v) is 5.28.